The lowest BCUT2D eigenvalue weighted by Crippen LogP contribution is -2.04. The number of hydrogen-bond donors (Lipinski definition) is 0. The van der Waals surface area contributed by atoms with Gasteiger partial charge in [0.25, 0.3) is 0 Å². The molecule has 5 aromatic rings. The summed E-state index contributed by atoms with van der Waals surface area (Å²) in [5.74, 6) is 0.0690. The molecule has 8 nitrogen and oxygen atoms in total. The summed E-state index contributed by atoms with van der Waals surface area (Å²) < 4.78 is 14.5. The molecule has 0 N–H and O–H groups in total. The van der Waals surface area contributed by atoms with Gasteiger partial charge in [-0.3, -0.25) is 9.67 Å². The lowest BCUT2D eigenvalue weighted by Gasteiger charge is -2.12. The number of pyridine rings is 2. The molecule has 0 atom stereocenters. The number of ether oxygens (including phenoxy) is 2. The Morgan fingerprint density at radius 3 is 2.61 bits per heavy atom. The number of methoxy groups -OCH3 is 1. The molecule has 1 aromatic carbocycles. The largest absolute Gasteiger partial charge is 0.487 e. The van der Waals surface area contributed by atoms with Gasteiger partial charge in [-0.25, -0.2) is 9.31 Å². The van der Waals surface area contributed by atoms with E-state index in [0.29, 0.717) is 23.4 Å². The van der Waals surface area contributed by atoms with Crippen LogP contribution in [0.25, 0.3) is 28.0 Å². The van der Waals surface area contributed by atoms with E-state index in [0.717, 1.165) is 28.1 Å². The van der Waals surface area contributed by atoms with Gasteiger partial charge in [0, 0.05) is 30.6 Å². The number of nitrogens with zero attached hydrogens (tertiary/aromatic N) is 5. The molecule has 4 heterocycles. The highest BCUT2D eigenvalue weighted by Gasteiger charge is 2.20. The summed E-state index contributed by atoms with van der Waals surface area (Å²) in [4.78, 5) is 16.9. The average molecular weight is 439 g/mol. The number of carbonyl (C=O) groups is 1. The van der Waals surface area contributed by atoms with Crippen molar-refractivity contribution in [3.63, 3.8) is 0 Å². The van der Waals surface area contributed by atoms with Crippen molar-refractivity contribution in [2.24, 2.45) is 7.05 Å². The van der Waals surface area contributed by atoms with Gasteiger partial charge in [-0.05, 0) is 29.8 Å². The third kappa shape index (κ3) is 3.94. The van der Waals surface area contributed by atoms with E-state index in [2.05, 4.69) is 15.2 Å². The molecule has 4 aromatic heterocycles. The van der Waals surface area contributed by atoms with E-state index in [1.54, 1.807) is 21.6 Å². The molecule has 0 amide bonds. The van der Waals surface area contributed by atoms with Crippen molar-refractivity contribution in [1.29, 1.82) is 0 Å². The molecule has 33 heavy (non-hydrogen) atoms. The summed E-state index contributed by atoms with van der Waals surface area (Å²) in [6.07, 6.45) is 6.92. The molecule has 0 saturated carbocycles. The highest BCUT2D eigenvalue weighted by Crippen LogP contribution is 2.32. The van der Waals surface area contributed by atoms with Gasteiger partial charge in [0.05, 0.1) is 30.9 Å². The Hall–Kier alpha value is -4.46. The van der Waals surface area contributed by atoms with Crippen molar-refractivity contribution in [1.82, 2.24) is 24.4 Å². The Morgan fingerprint density at radius 1 is 1.00 bits per heavy atom. The standard InChI is InChI=1S/C25H21N5O3/c1-29-15-19(13-27-29)21-12-18(10-11-26-21)22-8-9-23(33-16-17-6-4-3-5-7-17)24-20(25(31)32-2)14-28-30(22)24/h3-15H,16H2,1-2H3. The maximum Gasteiger partial charge on any atom is 0.341 e. The fourth-order valence-corrected chi connectivity index (χ4v) is 3.70. The van der Waals surface area contributed by atoms with Crippen LogP contribution in [0.15, 0.2) is 79.4 Å². The van der Waals surface area contributed by atoms with Crippen molar-refractivity contribution in [2.75, 3.05) is 7.11 Å². The molecule has 164 valence electrons. The predicted octanol–water partition coefficient (Wildman–Crippen LogP) is 4.16. The first-order valence-corrected chi connectivity index (χ1v) is 10.4. The maximum absolute atomic E-state index is 12.5. The minimum atomic E-state index is -0.475. The Balaban J connectivity index is 1.60. The number of fused-ring (bicyclic) bond motifs is 1. The molecular weight excluding hydrogens is 418 g/mol. The van der Waals surface area contributed by atoms with Crippen molar-refractivity contribution in [2.45, 2.75) is 6.61 Å². The molecule has 0 saturated heterocycles. The SMILES string of the molecule is COC(=O)c1cnn2c(-c3ccnc(-c4cnn(C)c4)c3)ccc(OCc3ccccc3)c12. The number of benzene rings is 1. The zero-order chi connectivity index (χ0) is 22.8. The molecule has 0 radical (unpaired) electrons. The lowest BCUT2D eigenvalue weighted by atomic mass is 10.1. The van der Waals surface area contributed by atoms with Gasteiger partial charge in [-0.1, -0.05) is 30.3 Å². The molecule has 0 fully saturated rings. The predicted molar refractivity (Wildman–Crippen MR) is 123 cm³/mol. The van der Waals surface area contributed by atoms with Crippen LogP contribution in [0.4, 0.5) is 0 Å². The monoisotopic (exact) mass is 439 g/mol. The first kappa shape index (κ1) is 20.4. The number of carbonyl (C=O) groups excluding carboxylic acids is 1. The summed E-state index contributed by atoms with van der Waals surface area (Å²) in [5.41, 5.74) is 5.29. The molecular formula is C25H21N5O3. The summed E-state index contributed by atoms with van der Waals surface area (Å²) >= 11 is 0. The van der Waals surface area contributed by atoms with Crippen LogP contribution in [0.2, 0.25) is 0 Å². The van der Waals surface area contributed by atoms with Gasteiger partial charge in [0.2, 0.25) is 0 Å². The topological polar surface area (TPSA) is 83.5 Å². The molecule has 0 spiro atoms. The Bertz CT molecular complexity index is 1440. The van der Waals surface area contributed by atoms with Crippen LogP contribution >= 0.6 is 0 Å². The van der Waals surface area contributed by atoms with E-state index in [1.807, 2.05) is 67.8 Å². The van der Waals surface area contributed by atoms with E-state index in [-0.39, 0.29) is 0 Å². The smallest absolute Gasteiger partial charge is 0.341 e. The zero-order valence-electron chi connectivity index (χ0n) is 18.2. The first-order valence-electron chi connectivity index (χ1n) is 10.4. The van der Waals surface area contributed by atoms with Crippen LogP contribution in [0.3, 0.4) is 0 Å². The van der Waals surface area contributed by atoms with Gasteiger partial charge >= 0.3 is 5.97 Å². The van der Waals surface area contributed by atoms with Crippen LogP contribution in [0.1, 0.15) is 15.9 Å². The lowest BCUT2D eigenvalue weighted by molar-refractivity contribution is 0.0602. The van der Waals surface area contributed by atoms with E-state index in [9.17, 15) is 4.79 Å². The number of rotatable bonds is 6. The Kier molecular flexibility index (Phi) is 5.32. The molecule has 0 aliphatic heterocycles. The highest BCUT2D eigenvalue weighted by molar-refractivity contribution is 5.99. The third-order valence-corrected chi connectivity index (χ3v) is 5.32. The van der Waals surface area contributed by atoms with Crippen LogP contribution < -0.4 is 4.74 Å². The molecule has 0 bridgehead atoms. The van der Waals surface area contributed by atoms with Crippen LogP contribution in [-0.2, 0) is 18.4 Å². The summed E-state index contributed by atoms with van der Waals surface area (Å²) in [6.45, 7) is 0.363. The second-order valence-electron chi connectivity index (χ2n) is 7.50. The van der Waals surface area contributed by atoms with E-state index >= 15 is 0 Å². The number of hydrogen-bond acceptors (Lipinski definition) is 6. The number of aromatic nitrogens is 5. The second kappa shape index (κ2) is 8.58. The van der Waals surface area contributed by atoms with Crippen LogP contribution in [-0.4, -0.2) is 37.5 Å². The third-order valence-electron chi connectivity index (χ3n) is 5.32. The average Bonchev–Trinajstić information content (AvgIpc) is 3.50. The van der Waals surface area contributed by atoms with Gasteiger partial charge in [-0.15, -0.1) is 0 Å². The van der Waals surface area contributed by atoms with E-state index < -0.39 is 5.97 Å². The number of esters is 1. The molecule has 0 unspecified atom stereocenters. The first-order chi connectivity index (χ1) is 16.1. The van der Waals surface area contributed by atoms with Crippen LogP contribution in [0.5, 0.6) is 5.75 Å². The zero-order valence-corrected chi connectivity index (χ0v) is 18.2. The minimum absolute atomic E-state index is 0.337. The van der Waals surface area contributed by atoms with Crippen molar-refractivity contribution in [3.8, 4) is 28.3 Å². The van der Waals surface area contributed by atoms with Crippen molar-refractivity contribution >= 4 is 11.5 Å². The summed E-state index contributed by atoms with van der Waals surface area (Å²) in [5, 5.41) is 8.71. The van der Waals surface area contributed by atoms with Crippen molar-refractivity contribution in [3.05, 3.63) is 90.5 Å². The fraction of sp³-hybridized carbons (Fsp3) is 0.120. The van der Waals surface area contributed by atoms with Gasteiger partial charge in [0.15, 0.2) is 0 Å². The molecule has 0 aliphatic rings. The van der Waals surface area contributed by atoms with Crippen molar-refractivity contribution < 1.29 is 14.3 Å². The van der Waals surface area contributed by atoms with Gasteiger partial charge in [0.1, 0.15) is 23.4 Å². The second-order valence-corrected chi connectivity index (χ2v) is 7.50. The maximum atomic E-state index is 12.5. The summed E-state index contributed by atoms with van der Waals surface area (Å²) in [7, 11) is 3.21. The minimum Gasteiger partial charge on any atom is -0.487 e. The van der Waals surface area contributed by atoms with Gasteiger partial charge in [-0.2, -0.15) is 10.2 Å². The fourth-order valence-electron chi connectivity index (χ4n) is 3.70. The van der Waals surface area contributed by atoms with E-state index in [4.69, 9.17) is 9.47 Å². The van der Waals surface area contributed by atoms with Gasteiger partial charge < -0.3 is 9.47 Å². The Morgan fingerprint density at radius 2 is 1.85 bits per heavy atom. The normalized spacial score (nSPS) is 11.0. The summed E-state index contributed by atoms with van der Waals surface area (Å²) in [6, 6.07) is 17.5. The molecule has 8 heteroatoms. The quantitative estimate of drug-likeness (QED) is 0.370. The number of aryl methyl sites for hydroxylation is 1. The van der Waals surface area contributed by atoms with E-state index in [1.165, 1.54) is 13.3 Å². The van der Waals surface area contributed by atoms with Crippen LogP contribution in [0, 0.1) is 0 Å². The Labute approximate surface area is 190 Å². The molecule has 0 aliphatic carbocycles. The highest BCUT2D eigenvalue weighted by atomic mass is 16.5. The molecule has 5 rings (SSSR count).